The average Bonchev–Trinajstić information content (AvgIpc) is 2.61. The monoisotopic (exact) mass is 374 g/mol. The Morgan fingerprint density at radius 3 is 2.62 bits per heavy atom. The zero-order valence-corrected chi connectivity index (χ0v) is 16.5. The number of ether oxygens (including phenoxy) is 3. The lowest BCUT2D eigenvalue weighted by molar-refractivity contribution is 0.230. The molecular formula is C20H26N2O3S. The van der Waals surface area contributed by atoms with Crippen LogP contribution in [0.4, 0.5) is 5.69 Å². The second-order valence-corrected chi connectivity index (χ2v) is 6.33. The quantitative estimate of drug-likeness (QED) is 0.669. The molecule has 2 aromatic carbocycles. The molecule has 0 aromatic heterocycles. The van der Waals surface area contributed by atoms with Crippen molar-refractivity contribution >= 4 is 23.0 Å². The van der Waals surface area contributed by atoms with E-state index in [1.807, 2.05) is 63.2 Å². The van der Waals surface area contributed by atoms with Crippen LogP contribution in [0.2, 0.25) is 0 Å². The van der Waals surface area contributed by atoms with E-state index >= 15 is 0 Å². The molecule has 0 spiro atoms. The van der Waals surface area contributed by atoms with Gasteiger partial charge in [-0.1, -0.05) is 12.1 Å². The number of anilines is 1. The lowest BCUT2D eigenvalue weighted by Gasteiger charge is -2.15. The van der Waals surface area contributed by atoms with E-state index in [1.54, 1.807) is 7.11 Å². The first-order chi connectivity index (χ1) is 12.5. The number of hydrogen-bond acceptors (Lipinski definition) is 4. The molecule has 140 valence electrons. The molecule has 2 aromatic rings. The van der Waals surface area contributed by atoms with Crippen LogP contribution in [-0.2, 0) is 6.54 Å². The molecule has 0 aliphatic rings. The van der Waals surface area contributed by atoms with E-state index in [4.69, 9.17) is 26.4 Å². The topological polar surface area (TPSA) is 51.8 Å². The summed E-state index contributed by atoms with van der Waals surface area (Å²) in [5, 5.41) is 6.90. The molecule has 0 fully saturated rings. The fourth-order valence-corrected chi connectivity index (χ4v) is 2.55. The molecule has 0 unspecified atom stereocenters. The van der Waals surface area contributed by atoms with Crippen LogP contribution < -0.4 is 24.8 Å². The molecule has 0 heterocycles. The van der Waals surface area contributed by atoms with Crippen molar-refractivity contribution in [1.29, 1.82) is 0 Å². The van der Waals surface area contributed by atoms with Gasteiger partial charge in [0.2, 0.25) is 0 Å². The second-order valence-electron chi connectivity index (χ2n) is 5.92. The highest BCUT2D eigenvalue weighted by atomic mass is 32.1. The Morgan fingerprint density at radius 2 is 1.92 bits per heavy atom. The summed E-state index contributed by atoms with van der Waals surface area (Å²) in [5.74, 6) is 2.26. The predicted molar refractivity (Wildman–Crippen MR) is 109 cm³/mol. The second kappa shape index (κ2) is 9.87. The smallest absolute Gasteiger partial charge is 0.171 e. The van der Waals surface area contributed by atoms with Crippen molar-refractivity contribution in [2.45, 2.75) is 33.4 Å². The van der Waals surface area contributed by atoms with Crippen molar-refractivity contribution in [3.63, 3.8) is 0 Å². The van der Waals surface area contributed by atoms with Crippen LogP contribution in [0, 0.1) is 0 Å². The summed E-state index contributed by atoms with van der Waals surface area (Å²) < 4.78 is 16.6. The minimum Gasteiger partial charge on any atom is -0.494 e. The van der Waals surface area contributed by atoms with E-state index in [0.717, 1.165) is 22.7 Å². The third-order valence-corrected chi connectivity index (χ3v) is 3.69. The summed E-state index contributed by atoms with van der Waals surface area (Å²) in [4.78, 5) is 0. The number of thiocarbonyl (C=S) groups is 1. The van der Waals surface area contributed by atoms with E-state index in [0.29, 0.717) is 24.0 Å². The van der Waals surface area contributed by atoms with Gasteiger partial charge in [-0.2, -0.15) is 0 Å². The van der Waals surface area contributed by atoms with Gasteiger partial charge in [-0.3, -0.25) is 0 Å². The summed E-state index contributed by atoms with van der Waals surface area (Å²) in [5.41, 5.74) is 1.93. The van der Waals surface area contributed by atoms with E-state index in [9.17, 15) is 0 Å². The predicted octanol–water partition coefficient (Wildman–Crippen LogP) is 4.37. The third kappa shape index (κ3) is 6.11. The van der Waals surface area contributed by atoms with Crippen LogP contribution in [0.1, 0.15) is 26.3 Å². The Balaban J connectivity index is 1.93. The van der Waals surface area contributed by atoms with E-state index in [-0.39, 0.29) is 6.10 Å². The fourth-order valence-electron chi connectivity index (χ4n) is 2.36. The molecule has 0 saturated heterocycles. The highest BCUT2D eigenvalue weighted by Crippen LogP contribution is 2.29. The van der Waals surface area contributed by atoms with Crippen LogP contribution in [-0.4, -0.2) is 24.9 Å². The molecule has 5 nitrogen and oxygen atoms in total. The van der Waals surface area contributed by atoms with Gasteiger partial charge >= 0.3 is 0 Å². The molecular weight excluding hydrogens is 348 g/mol. The van der Waals surface area contributed by atoms with Crippen molar-refractivity contribution in [2.75, 3.05) is 19.0 Å². The van der Waals surface area contributed by atoms with Crippen molar-refractivity contribution in [2.24, 2.45) is 0 Å². The molecule has 0 saturated carbocycles. The molecule has 0 amide bonds. The van der Waals surface area contributed by atoms with Gasteiger partial charge in [-0.05, 0) is 62.8 Å². The maximum atomic E-state index is 5.73. The first kappa shape index (κ1) is 19.8. The minimum absolute atomic E-state index is 0.0945. The van der Waals surface area contributed by atoms with Crippen LogP contribution in [0.3, 0.4) is 0 Å². The molecule has 0 radical (unpaired) electrons. The fraction of sp³-hybridized carbons (Fsp3) is 0.350. The van der Waals surface area contributed by atoms with Gasteiger partial charge in [0.1, 0.15) is 5.75 Å². The molecule has 6 heteroatoms. The van der Waals surface area contributed by atoms with E-state index in [1.165, 1.54) is 0 Å². The van der Waals surface area contributed by atoms with Gasteiger partial charge in [-0.15, -0.1) is 0 Å². The Bertz CT molecular complexity index is 735. The third-order valence-electron chi connectivity index (χ3n) is 3.45. The number of methoxy groups -OCH3 is 1. The number of rotatable bonds is 8. The SMILES string of the molecule is CCOc1cccc(NC(=S)NCc2ccc(OC(C)C)c(OC)c2)c1. The Labute approximate surface area is 160 Å². The summed E-state index contributed by atoms with van der Waals surface area (Å²) in [6.07, 6.45) is 0.0945. The largest absolute Gasteiger partial charge is 0.494 e. The summed E-state index contributed by atoms with van der Waals surface area (Å²) >= 11 is 5.37. The highest BCUT2D eigenvalue weighted by Gasteiger charge is 2.08. The van der Waals surface area contributed by atoms with Crippen LogP contribution in [0.5, 0.6) is 17.2 Å². The molecule has 0 aliphatic heterocycles. The molecule has 0 bridgehead atoms. The maximum Gasteiger partial charge on any atom is 0.171 e. The Hall–Kier alpha value is -2.47. The first-order valence-corrected chi connectivity index (χ1v) is 9.04. The lowest BCUT2D eigenvalue weighted by atomic mass is 10.2. The maximum absolute atomic E-state index is 5.73. The van der Waals surface area contributed by atoms with Crippen molar-refractivity contribution in [1.82, 2.24) is 5.32 Å². The zero-order chi connectivity index (χ0) is 18.9. The lowest BCUT2D eigenvalue weighted by Crippen LogP contribution is -2.27. The number of hydrogen-bond donors (Lipinski definition) is 2. The van der Waals surface area contributed by atoms with Gasteiger partial charge in [0.15, 0.2) is 16.6 Å². The van der Waals surface area contributed by atoms with Gasteiger partial charge in [0.05, 0.1) is 19.8 Å². The minimum atomic E-state index is 0.0945. The van der Waals surface area contributed by atoms with Gasteiger partial charge in [0, 0.05) is 18.3 Å². The Morgan fingerprint density at radius 1 is 1.12 bits per heavy atom. The number of nitrogens with one attached hydrogen (secondary N) is 2. The summed E-state index contributed by atoms with van der Waals surface area (Å²) in [6, 6.07) is 13.6. The standard InChI is InChI=1S/C20H26N2O3S/c1-5-24-17-8-6-7-16(12-17)22-20(26)21-13-15-9-10-18(25-14(2)3)19(11-15)23-4/h6-12,14H,5,13H2,1-4H3,(H2,21,22,26). The summed E-state index contributed by atoms with van der Waals surface area (Å²) in [7, 11) is 1.64. The van der Waals surface area contributed by atoms with Gasteiger partial charge in [0.25, 0.3) is 0 Å². The first-order valence-electron chi connectivity index (χ1n) is 8.63. The van der Waals surface area contributed by atoms with Gasteiger partial charge < -0.3 is 24.8 Å². The Kier molecular flexibility index (Phi) is 7.53. The highest BCUT2D eigenvalue weighted by molar-refractivity contribution is 7.80. The molecule has 2 N–H and O–H groups in total. The van der Waals surface area contributed by atoms with E-state index < -0.39 is 0 Å². The van der Waals surface area contributed by atoms with Crippen LogP contribution >= 0.6 is 12.2 Å². The van der Waals surface area contributed by atoms with Crippen LogP contribution in [0.15, 0.2) is 42.5 Å². The van der Waals surface area contributed by atoms with Crippen LogP contribution in [0.25, 0.3) is 0 Å². The molecule has 0 atom stereocenters. The van der Waals surface area contributed by atoms with Crippen molar-refractivity contribution in [3.05, 3.63) is 48.0 Å². The normalized spacial score (nSPS) is 10.3. The van der Waals surface area contributed by atoms with Crippen molar-refractivity contribution in [3.8, 4) is 17.2 Å². The van der Waals surface area contributed by atoms with Gasteiger partial charge in [-0.25, -0.2) is 0 Å². The zero-order valence-electron chi connectivity index (χ0n) is 15.7. The van der Waals surface area contributed by atoms with E-state index in [2.05, 4.69) is 10.6 Å². The number of benzene rings is 2. The average molecular weight is 375 g/mol. The molecule has 0 aliphatic carbocycles. The molecule has 26 heavy (non-hydrogen) atoms. The van der Waals surface area contributed by atoms with Crippen molar-refractivity contribution < 1.29 is 14.2 Å². The molecule has 2 rings (SSSR count). The summed E-state index contributed by atoms with van der Waals surface area (Å²) in [6.45, 7) is 7.14.